The van der Waals surface area contributed by atoms with E-state index in [1.54, 1.807) is 27.4 Å². The standard InChI is InChI=1S/C13H9.C12H16.C5H5.2ClH.Zr/c1-3-7-12-10(5-1)9-11-6-2-4-8-13(11)12;1-2-3-4-6-9-12-10-7-5-8-11-12;1-2-4-5-3-1;;;/h1-9H;5,7-8,10-11H,2-4,9H2,1H3;1-3H,4H2;2*1H;/q-1;;-1;;;+2/p-2. The molecule has 3 heteroatoms. The molecule has 0 aromatic heterocycles. The topological polar surface area (TPSA) is 0 Å². The first-order valence-electron chi connectivity index (χ1n) is 11.1. The fourth-order valence-corrected chi connectivity index (χ4v) is 4.50. The smallest absolute Gasteiger partial charge is 0.0771 e. The van der Waals surface area contributed by atoms with Crippen LogP contribution in [0.2, 0.25) is 0 Å². The van der Waals surface area contributed by atoms with E-state index in [9.17, 15) is 0 Å². The monoisotopic (exact) mass is 550 g/mol. The molecule has 0 saturated heterocycles. The summed E-state index contributed by atoms with van der Waals surface area (Å²) in [5.74, 6) is 0. The zero-order valence-corrected chi connectivity index (χ0v) is 23.1. The molecule has 0 fully saturated rings. The van der Waals surface area contributed by atoms with Gasteiger partial charge in [0.2, 0.25) is 0 Å². The average Bonchev–Trinajstić information content (AvgIpc) is 3.50. The quantitative estimate of drug-likeness (QED) is 0.333. The maximum Gasteiger partial charge on any atom is -0.0771 e. The van der Waals surface area contributed by atoms with E-state index in [1.165, 1.54) is 52.8 Å². The molecule has 1 aliphatic carbocycles. The Balaban J connectivity index is 0.000000260. The van der Waals surface area contributed by atoms with Crippen molar-refractivity contribution in [1.82, 2.24) is 0 Å². The Labute approximate surface area is 226 Å². The molecule has 0 atom stereocenters. The Kier molecular flexibility index (Phi) is 15.0. The summed E-state index contributed by atoms with van der Waals surface area (Å²) in [5, 5.41) is 5.39. The molecule has 4 aromatic carbocycles. The third kappa shape index (κ3) is 10.0. The van der Waals surface area contributed by atoms with Gasteiger partial charge >= 0.3 is 95.9 Å². The van der Waals surface area contributed by atoms with Crippen LogP contribution in [0.4, 0.5) is 0 Å². The number of hydrogen-bond acceptors (Lipinski definition) is 0. The first-order valence-corrected chi connectivity index (χ1v) is 12.4. The zero-order valence-electron chi connectivity index (χ0n) is 19.1. The third-order valence-electron chi connectivity index (χ3n) is 5.20. The van der Waals surface area contributed by atoms with Gasteiger partial charge in [0.25, 0.3) is 0 Å². The van der Waals surface area contributed by atoms with Crippen LogP contribution in [0.15, 0.2) is 103 Å². The molecule has 0 unspecified atom stereocenters. The molecule has 0 heterocycles. The van der Waals surface area contributed by atoms with Crippen LogP contribution in [0.3, 0.4) is 0 Å². The fourth-order valence-electron chi connectivity index (χ4n) is 3.56. The van der Waals surface area contributed by atoms with Crippen LogP contribution >= 0.6 is 0 Å². The molecule has 4 aromatic rings. The molecular formula is C30H30Cl2Zr-2. The largest absolute Gasteiger partial charge is 1.00 e. The molecular weight excluding hydrogens is 522 g/mol. The van der Waals surface area contributed by atoms with Gasteiger partial charge in [0.05, 0.1) is 0 Å². The molecule has 0 amide bonds. The van der Waals surface area contributed by atoms with Crippen LogP contribution in [0, 0.1) is 6.08 Å². The van der Waals surface area contributed by atoms with E-state index >= 15 is 0 Å². The zero-order chi connectivity index (χ0) is 21.7. The molecule has 5 rings (SSSR count). The van der Waals surface area contributed by atoms with Gasteiger partial charge in [-0.2, -0.15) is 6.08 Å². The summed E-state index contributed by atoms with van der Waals surface area (Å²) in [6, 6.07) is 30.0. The van der Waals surface area contributed by atoms with Crippen LogP contribution in [0.1, 0.15) is 38.2 Å². The molecule has 170 valence electrons. The van der Waals surface area contributed by atoms with E-state index in [1.807, 2.05) is 12.2 Å². The Morgan fingerprint density at radius 3 is 1.91 bits per heavy atom. The van der Waals surface area contributed by atoms with Gasteiger partial charge < -0.3 is 24.8 Å². The van der Waals surface area contributed by atoms with Crippen molar-refractivity contribution in [2.45, 2.75) is 39.0 Å². The maximum absolute atomic E-state index is 2.99. The second-order valence-electron chi connectivity index (χ2n) is 7.69. The Bertz CT molecular complexity index is 1080. The van der Waals surface area contributed by atoms with E-state index in [-0.39, 0.29) is 24.8 Å². The van der Waals surface area contributed by atoms with Crippen LogP contribution in [0.5, 0.6) is 0 Å². The molecule has 33 heavy (non-hydrogen) atoms. The van der Waals surface area contributed by atoms with Crippen molar-refractivity contribution in [3.05, 3.63) is 115 Å². The summed E-state index contributed by atoms with van der Waals surface area (Å²) >= 11 is 1.61. The second kappa shape index (κ2) is 16.9. The van der Waals surface area contributed by atoms with E-state index in [2.05, 4.69) is 104 Å². The number of rotatable bonds is 5. The van der Waals surface area contributed by atoms with Gasteiger partial charge in [0.1, 0.15) is 0 Å². The number of allylic oxidation sites excluding steroid dienone is 4. The predicted molar refractivity (Wildman–Crippen MR) is 133 cm³/mol. The molecule has 0 N–H and O–H groups in total. The van der Waals surface area contributed by atoms with Crippen molar-refractivity contribution in [2.75, 3.05) is 0 Å². The van der Waals surface area contributed by atoms with Crippen molar-refractivity contribution in [1.29, 1.82) is 0 Å². The molecule has 1 aliphatic rings. The predicted octanol–water partition coefficient (Wildman–Crippen LogP) is 2.16. The summed E-state index contributed by atoms with van der Waals surface area (Å²) in [7, 11) is 0. The van der Waals surface area contributed by atoms with Gasteiger partial charge in [-0.15, -0.1) is 46.2 Å². The average molecular weight is 553 g/mol. The summed E-state index contributed by atoms with van der Waals surface area (Å²) in [5.41, 5.74) is 1.46. The van der Waals surface area contributed by atoms with Gasteiger partial charge in [0.15, 0.2) is 0 Å². The SMILES string of the molecule is CCCC[C](=[Zr+2])Cc1ccccc1.[C-]1=CC=CC1.[Cl-].[Cl-].c1ccc2c(c1)[cH-]c1ccccc12. The Morgan fingerprint density at radius 2 is 1.42 bits per heavy atom. The summed E-state index contributed by atoms with van der Waals surface area (Å²) in [6.07, 6.45) is 15.2. The van der Waals surface area contributed by atoms with Gasteiger partial charge in [-0.1, -0.05) is 36.4 Å². The van der Waals surface area contributed by atoms with Crippen LogP contribution in [-0.2, 0) is 30.7 Å². The van der Waals surface area contributed by atoms with Crippen molar-refractivity contribution in [3.8, 4) is 0 Å². The van der Waals surface area contributed by atoms with E-state index in [0.717, 1.165) is 6.42 Å². The molecule has 0 bridgehead atoms. The van der Waals surface area contributed by atoms with Gasteiger partial charge in [0, 0.05) is 0 Å². The molecule has 0 radical (unpaired) electrons. The fraction of sp³-hybridized carbons (Fsp3) is 0.200. The van der Waals surface area contributed by atoms with Gasteiger partial charge in [-0.3, -0.25) is 6.08 Å². The summed E-state index contributed by atoms with van der Waals surface area (Å²) in [6.45, 7) is 2.26. The second-order valence-corrected chi connectivity index (χ2v) is 9.43. The molecule has 0 nitrogen and oxygen atoms in total. The molecule has 0 saturated carbocycles. The minimum atomic E-state index is 0. The first kappa shape index (κ1) is 29.4. The van der Waals surface area contributed by atoms with E-state index < -0.39 is 0 Å². The first-order chi connectivity index (χ1) is 15.3. The van der Waals surface area contributed by atoms with Gasteiger partial charge in [-0.25, -0.2) is 12.2 Å². The van der Waals surface area contributed by atoms with Crippen molar-refractivity contribution < 1.29 is 49.0 Å². The molecule has 0 aliphatic heterocycles. The van der Waals surface area contributed by atoms with Crippen molar-refractivity contribution >= 4 is 24.8 Å². The maximum atomic E-state index is 2.99. The Hall–Kier alpha value is -1.66. The van der Waals surface area contributed by atoms with Crippen LogP contribution < -0.4 is 24.8 Å². The Morgan fingerprint density at radius 1 is 0.848 bits per heavy atom. The van der Waals surface area contributed by atoms with Crippen LogP contribution in [0.25, 0.3) is 21.5 Å². The number of hydrogen-bond donors (Lipinski definition) is 0. The van der Waals surface area contributed by atoms with E-state index in [0.29, 0.717) is 0 Å². The summed E-state index contributed by atoms with van der Waals surface area (Å²) < 4.78 is 1.69. The normalized spacial score (nSPS) is 11.0. The minimum Gasteiger partial charge on any atom is -1.00 e. The van der Waals surface area contributed by atoms with Crippen LogP contribution in [-0.4, -0.2) is 3.21 Å². The number of halogens is 2. The number of unbranched alkanes of at least 4 members (excludes halogenated alkanes) is 1. The van der Waals surface area contributed by atoms with E-state index in [4.69, 9.17) is 0 Å². The number of benzene rings is 3. The number of fused-ring (bicyclic) bond motifs is 3. The third-order valence-corrected chi connectivity index (χ3v) is 6.25. The minimum absolute atomic E-state index is 0. The molecule has 0 spiro atoms. The summed E-state index contributed by atoms with van der Waals surface area (Å²) in [4.78, 5) is 0. The van der Waals surface area contributed by atoms with Crippen molar-refractivity contribution in [2.24, 2.45) is 0 Å². The van der Waals surface area contributed by atoms with Crippen molar-refractivity contribution in [3.63, 3.8) is 0 Å². The van der Waals surface area contributed by atoms with Gasteiger partial charge in [-0.05, 0) is 0 Å².